The number of benzene rings is 2. The molecule has 0 fully saturated rings. The van der Waals surface area contributed by atoms with E-state index in [1.54, 1.807) is 0 Å². The van der Waals surface area contributed by atoms with Crippen molar-refractivity contribution in [3.8, 4) is 0 Å². The van der Waals surface area contributed by atoms with Crippen LogP contribution < -0.4 is 4.90 Å². The van der Waals surface area contributed by atoms with Gasteiger partial charge < -0.3 is 10.0 Å². The van der Waals surface area contributed by atoms with Crippen LogP contribution in [0.5, 0.6) is 0 Å². The molecule has 2 heteroatoms. The predicted molar refractivity (Wildman–Crippen MR) is 76.0 cm³/mol. The lowest BCUT2D eigenvalue weighted by atomic mass is 9.99. The molecule has 0 aliphatic rings. The molecule has 94 valence electrons. The third kappa shape index (κ3) is 2.71. The molecular formula is C16H19NO. The molecular weight excluding hydrogens is 222 g/mol. The summed E-state index contributed by atoms with van der Waals surface area (Å²) >= 11 is 0. The maximum Gasteiger partial charge on any atom is 0.104 e. The molecule has 0 spiro atoms. The van der Waals surface area contributed by atoms with Gasteiger partial charge in [0, 0.05) is 19.8 Å². The fourth-order valence-corrected chi connectivity index (χ4v) is 2.01. The Labute approximate surface area is 109 Å². The van der Waals surface area contributed by atoms with Crippen molar-refractivity contribution in [2.24, 2.45) is 0 Å². The van der Waals surface area contributed by atoms with Gasteiger partial charge in [-0.1, -0.05) is 42.0 Å². The fraction of sp³-hybridized carbons (Fsp3) is 0.250. The van der Waals surface area contributed by atoms with Crippen molar-refractivity contribution in [3.63, 3.8) is 0 Å². The molecule has 0 aromatic heterocycles. The van der Waals surface area contributed by atoms with E-state index in [0.29, 0.717) is 0 Å². The van der Waals surface area contributed by atoms with Gasteiger partial charge in [-0.15, -0.1) is 0 Å². The number of rotatable bonds is 3. The molecule has 0 amide bonds. The lowest BCUT2D eigenvalue weighted by Gasteiger charge is -2.17. The van der Waals surface area contributed by atoms with Crippen molar-refractivity contribution in [1.82, 2.24) is 0 Å². The standard InChI is InChI=1S/C16H19NO/c1-12-6-4-7-13(10-12)16(18)14-8-5-9-15(11-14)17(2)3/h4-11,16,18H,1-3H3. The van der Waals surface area contributed by atoms with Crippen molar-refractivity contribution in [2.75, 3.05) is 19.0 Å². The van der Waals surface area contributed by atoms with Crippen molar-refractivity contribution in [3.05, 3.63) is 65.2 Å². The van der Waals surface area contributed by atoms with Crippen LogP contribution in [-0.2, 0) is 0 Å². The molecule has 1 N–H and O–H groups in total. The third-order valence-electron chi connectivity index (χ3n) is 3.06. The summed E-state index contributed by atoms with van der Waals surface area (Å²) < 4.78 is 0. The molecule has 0 aliphatic heterocycles. The van der Waals surface area contributed by atoms with Gasteiger partial charge in [-0.3, -0.25) is 0 Å². The topological polar surface area (TPSA) is 23.5 Å². The van der Waals surface area contributed by atoms with E-state index in [2.05, 4.69) is 0 Å². The van der Waals surface area contributed by atoms with Crippen molar-refractivity contribution in [2.45, 2.75) is 13.0 Å². The van der Waals surface area contributed by atoms with Gasteiger partial charge in [-0.25, -0.2) is 0 Å². The van der Waals surface area contributed by atoms with Gasteiger partial charge in [0.2, 0.25) is 0 Å². The first-order chi connectivity index (χ1) is 8.58. The predicted octanol–water partition coefficient (Wildman–Crippen LogP) is 3.14. The quantitative estimate of drug-likeness (QED) is 0.892. The largest absolute Gasteiger partial charge is 0.384 e. The van der Waals surface area contributed by atoms with Crippen molar-refractivity contribution >= 4 is 5.69 Å². The summed E-state index contributed by atoms with van der Waals surface area (Å²) in [5, 5.41) is 10.4. The highest BCUT2D eigenvalue weighted by Crippen LogP contribution is 2.25. The fourth-order valence-electron chi connectivity index (χ4n) is 2.01. The number of hydrogen-bond acceptors (Lipinski definition) is 2. The lowest BCUT2D eigenvalue weighted by molar-refractivity contribution is 0.220. The average Bonchev–Trinajstić information content (AvgIpc) is 2.38. The number of aliphatic hydroxyl groups is 1. The Kier molecular flexibility index (Phi) is 3.68. The van der Waals surface area contributed by atoms with Crippen LogP contribution in [0.3, 0.4) is 0 Å². The van der Waals surface area contributed by atoms with Crippen LogP contribution in [0.1, 0.15) is 22.8 Å². The zero-order chi connectivity index (χ0) is 13.1. The Balaban J connectivity index is 2.33. The Bertz CT molecular complexity index is 534. The molecule has 0 saturated carbocycles. The van der Waals surface area contributed by atoms with E-state index >= 15 is 0 Å². The molecule has 2 rings (SSSR count). The third-order valence-corrected chi connectivity index (χ3v) is 3.06. The van der Waals surface area contributed by atoms with Crippen molar-refractivity contribution in [1.29, 1.82) is 0 Å². The molecule has 0 bridgehead atoms. The van der Waals surface area contributed by atoms with E-state index < -0.39 is 6.10 Å². The smallest absolute Gasteiger partial charge is 0.104 e. The number of aliphatic hydroxyl groups excluding tert-OH is 1. The summed E-state index contributed by atoms with van der Waals surface area (Å²) in [5.74, 6) is 0. The lowest BCUT2D eigenvalue weighted by Crippen LogP contribution is -2.09. The number of anilines is 1. The summed E-state index contributed by atoms with van der Waals surface area (Å²) in [6.07, 6.45) is -0.565. The first-order valence-electron chi connectivity index (χ1n) is 6.10. The van der Waals surface area contributed by atoms with Gasteiger partial charge in [-0.2, -0.15) is 0 Å². The highest BCUT2D eigenvalue weighted by molar-refractivity contribution is 5.49. The number of hydrogen-bond donors (Lipinski definition) is 1. The molecule has 18 heavy (non-hydrogen) atoms. The van der Waals surface area contributed by atoms with E-state index in [9.17, 15) is 5.11 Å². The zero-order valence-electron chi connectivity index (χ0n) is 11.1. The van der Waals surface area contributed by atoms with Gasteiger partial charge in [0.1, 0.15) is 6.10 Å². The van der Waals surface area contributed by atoms with E-state index in [0.717, 1.165) is 22.4 Å². The number of aryl methyl sites for hydroxylation is 1. The second-order valence-electron chi connectivity index (χ2n) is 4.81. The molecule has 0 saturated heterocycles. The normalized spacial score (nSPS) is 12.2. The Morgan fingerprint density at radius 3 is 2.17 bits per heavy atom. The summed E-state index contributed by atoms with van der Waals surface area (Å²) in [6, 6.07) is 16.0. The Morgan fingerprint density at radius 1 is 0.944 bits per heavy atom. The molecule has 0 aliphatic carbocycles. The van der Waals surface area contributed by atoms with E-state index in [1.165, 1.54) is 0 Å². The van der Waals surface area contributed by atoms with Crippen LogP contribution in [0.15, 0.2) is 48.5 Å². The first kappa shape index (κ1) is 12.7. The van der Waals surface area contributed by atoms with Crippen LogP contribution in [0.2, 0.25) is 0 Å². The summed E-state index contributed by atoms with van der Waals surface area (Å²) in [5.41, 5.74) is 4.12. The van der Waals surface area contributed by atoms with Gasteiger partial charge in [0.15, 0.2) is 0 Å². The van der Waals surface area contributed by atoms with E-state index in [1.807, 2.05) is 74.4 Å². The Hall–Kier alpha value is -1.80. The molecule has 2 aromatic rings. The summed E-state index contributed by atoms with van der Waals surface area (Å²) in [7, 11) is 4.00. The van der Waals surface area contributed by atoms with Crippen molar-refractivity contribution < 1.29 is 5.11 Å². The minimum atomic E-state index is -0.565. The molecule has 2 nitrogen and oxygen atoms in total. The number of nitrogens with zero attached hydrogens (tertiary/aromatic N) is 1. The van der Waals surface area contributed by atoms with Gasteiger partial charge in [0.25, 0.3) is 0 Å². The van der Waals surface area contributed by atoms with Gasteiger partial charge in [-0.05, 0) is 30.2 Å². The highest BCUT2D eigenvalue weighted by atomic mass is 16.3. The van der Waals surface area contributed by atoms with E-state index in [-0.39, 0.29) is 0 Å². The van der Waals surface area contributed by atoms with Gasteiger partial charge >= 0.3 is 0 Å². The SMILES string of the molecule is Cc1cccc(C(O)c2cccc(N(C)C)c2)c1. The molecule has 1 atom stereocenters. The summed E-state index contributed by atoms with van der Waals surface area (Å²) in [4.78, 5) is 2.03. The second kappa shape index (κ2) is 5.23. The molecule has 0 radical (unpaired) electrons. The van der Waals surface area contributed by atoms with Crippen LogP contribution in [-0.4, -0.2) is 19.2 Å². The average molecular weight is 241 g/mol. The van der Waals surface area contributed by atoms with Crippen LogP contribution in [0.4, 0.5) is 5.69 Å². The minimum Gasteiger partial charge on any atom is -0.384 e. The molecule has 0 heterocycles. The maximum atomic E-state index is 10.4. The van der Waals surface area contributed by atoms with Crippen LogP contribution in [0, 0.1) is 6.92 Å². The Morgan fingerprint density at radius 2 is 1.56 bits per heavy atom. The van der Waals surface area contributed by atoms with Gasteiger partial charge in [0.05, 0.1) is 0 Å². The molecule has 1 unspecified atom stereocenters. The maximum absolute atomic E-state index is 10.4. The van der Waals surface area contributed by atoms with E-state index in [4.69, 9.17) is 0 Å². The first-order valence-corrected chi connectivity index (χ1v) is 6.10. The van der Waals surface area contributed by atoms with Crippen LogP contribution in [0.25, 0.3) is 0 Å². The highest BCUT2D eigenvalue weighted by Gasteiger charge is 2.11. The van der Waals surface area contributed by atoms with Crippen LogP contribution >= 0.6 is 0 Å². The zero-order valence-corrected chi connectivity index (χ0v) is 11.1. The summed E-state index contributed by atoms with van der Waals surface area (Å²) in [6.45, 7) is 2.03. The molecule has 2 aromatic carbocycles. The monoisotopic (exact) mass is 241 g/mol. The second-order valence-corrected chi connectivity index (χ2v) is 4.81. The minimum absolute atomic E-state index is 0.565.